The molecule has 1 aliphatic rings. The van der Waals surface area contributed by atoms with Gasteiger partial charge in [-0.2, -0.15) is 0 Å². The number of benzene rings is 1. The normalized spacial score (nSPS) is 22.6. The fourth-order valence-corrected chi connectivity index (χ4v) is 4.75. The van der Waals surface area contributed by atoms with E-state index in [1.54, 1.807) is 21.0 Å². The SMILES string of the molecule is CNC1c2ccc(OC)cc2CCC1S(=O)(=O)C(C)C. The molecular formula is C15H23NO3S. The Kier molecular flexibility index (Phi) is 4.39. The van der Waals surface area contributed by atoms with Gasteiger partial charge in [-0.3, -0.25) is 0 Å². The summed E-state index contributed by atoms with van der Waals surface area (Å²) in [5.74, 6) is 0.823. The third-order valence-electron chi connectivity index (χ3n) is 4.15. The van der Waals surface area contributed by atoms with E-state index in [1.165, 1.54) is 5.56 Å². The molecule has 0 radical (unpaired) electrons. The lowest BCUT2D eigenvalue weighted by molar-refractivity contribution is 0.411. The van der Waals surface area contributed by atoms with Gasteiger partial charge in [-0.25, -0.2) is 8.42 Å². The van der Waals surface area contributed by atoms with Crippen molar-refractivity contribution in [1.29, 1.82) is 0 Å². The van der Waals surface area contributed by atoms with Gasteiger partial charge in [-0.05, 0) is 57.0 Å². The van der Waals surface area contributed by atoms with Gasteiger partial charge in [0.05, 0.1) is 17.6 Å². The van der Waals surface area contributed by atoms with Crippen LogP contribution in [0.5, 0.6) is 5.75 Å². The second kappa shape index (κ2) is 5.74. The number of fused-ring (bicyclic) bond motifs is 1. The van der Waals surface area contributed by atoms with Crippen molar-refractivity contribution < 1.29 is 13.2 Å². The van der Waals surface area contributed by atoms with Crippen LogP contribution in [0.3, 0.4) is 0 Å². The summed E-state index contributed by atoms with van der Waals surface area (Å²) in [6, 6.07) is 5.75. The van der Waals surface area contributed by atoms with Crippen LogP contribution in [0.25, 0.3) is 0 Å². The maximum Gasteiger partial charge on any atom is 0.157 e. The summed E-state index contributed by atoms with van der Waals surface area (Å²) in [5.41, 5.74) is 2.26. The Hall–Kier alpha value is -1.07. The fourth-order valence-electron chi connectivity index (χ4n) is 2.94. The van der Waals surface area contributed by atoms with Gasteiger partial charge >= 0.3 is 0 Å². The summed E-state index contributed by atoms with van der Waals surface area (Å²) in [6.07, 6.45) is 1.44. The van der Waals surface area contributed by atoms with Crippen molar-refractivity contribution in [1.82, 2.24) is 5.32 Å². The van der Waals surface area contributed by atoms with E-state index < -0.39 is 9.84 Å². The minimum absolute atomic E-state index is 0.142. The Morgan fingerprint density at radius 1 is 1.35 bits per heavy atom. The van der Waals surface area contributed by atoms with E-state index in [0.717, 1.165) is 17.7 Å². The summed E-state index contributed by atoms with van der Waals surface area (Å²) in [4.78, 5) is 0. The molecule has 112 valence electrons. The molecule has 2 atom stereocenters. The molecule has 0 heterocycles. The van der Waals surface area contributed by atoms with E-state index >= 15 is 0 Å². The first kappa shape index (κ1) is 15.3. The van der Waals surface area contributed by atoms with E-state index in [-0.39, 0.29) is 16.5 Å². The maximum atomic E-state index is 12.5. The average Bonchev–Trinajstić information content (AvgIpc) is 2.44. The van der Waals surface area contributed by atoms with Gasteiger partial charge in [0.2, 0.25) is 0 Å². The van der Waals surface area contributed by atoms with Crippen molar-refractivity contribution >= 4 is 9.84 Å². The van der Waals surface area contributed by atoms with Crippen LogP contribution in [-0.4, -0.2) is 33.1 Å². The molecule has 0 aliphatic heterocycles. The number of methoxy groups -OCH3 is 1. The number of nitrogens with one attached hydrogen (secondary N) is 1. The van der Waals surface area contributed by atoms with E-state index in [2.05, 4.69) is 5.32 Å². The first-order valence-electron chi connectivity index (χ1n) is 6.98. The predicted molar refractivity (Wildman–Crippen MR) is 81.0 cm³/mol. The Morgan fingerprint density at radius 3 is 2.60 bits per heavy atom. The standard InChI is InChI=1S/C15H23NO3S/c1-10(2)20(17,18)14-8-5-11-9-12(19-4)6-7-13(11)15(14)16-3/h6-7,9-10,14-16H,5,8H2,1-4H3. The number of hydrogen-bond donors (Lipinski definition) is 1. The van der Waals surface area contributed by atoms with E-state index in [9.17, 15) is 8.42 Å². The number of ether oxygens (including phenoxy) is 1. The third kappa shape index (κ3) is 2.56. The highest BCUT2D eigenvalue weighted by Crippen LogP contribution is 2.36. The van der Waals surface area contributed by atoms with E-state index in [1.807, 2.05) is 25.2 Å². The lowest BCUT2D eigenvalue weighted by atomic mass is 9.87. The Bertz CT molecular complexity index is 581. The molecule has 0 amide bonds. The zero-order valence-electron chi connectivity index (χ0n) is 12.5. The molecule has 2 unspecified atom stereocenters. The molecule has 0 fully saturated rings. The zero-order chi connectivity index (χ0) is 14.9. The summed E-state index contributed by atoms with van der Waals surface area (Å²) < 4.78 is 30.3. The number of hydrogen-bond acceptors (Lipinski definition) is 4. The molecule has 1 aromatic carbocycles. The third-order valence-corrected chi connectivity index (χ3v) is 6.81. The van der Waals surface area contributed by atoms with E-state index in [0.29, 0.717) is 6.42 Å². The number of rotatable bonds is 4. The monoisotopic (exact) mass is 297 g/mol. The van der Waals surface area contributed by atoms with Gasteiger partial charge in [0, 0.05) is 6.04 Å². The Labute approximate surface area is 121 Å². The second-order valence-electron chi connectivity index (χ2n) is 5.55. The molecule has 1 aromatic rings. The van der Waals surface area contributed by atoms with Crippen molar-refractivity contribution in [3.63, 3.8) is 0 Å². The van der Waals surface area contributed by atoms with Gasteiger partial charge < -0.3 is 10.1 Å². The van der Waals surface area contributed by atoms with Gasteiger partial charge in [0.15, 0.2) is 9.84 Å². The van der Waals surface area contributed by atoms with Crippen molar-refractivity contribution in [2.75, 3.05) is 14.2 Å². The summed E-state index contributed by atoms with van der Waals surface area (Å²) in [6.45, 7) is 3.51. The predicted octanol–water partition coefficient (Wildman–Crippen LogP) is 2.09. The van der Waals surface area contributed by atoms with Gasteiger partial charge in [0.25, 0.3) is 0 Å². The molecule has 5 heteroatoms. The van der Waals surface area contributed by atoms with Crippen LogP contribution in [0, 0.1) is 0 Å². The molecule has 1 aliphatic carbocycles. The molecule has 1 N–H and O–H groups in total. The largest absolute Gasteiger partial charge is 0.497 e. The van der Waals surface area contributed by atoms with Crippen molar-refractivity contribution in [3.8, 4) is 5.75 Å². The van der Waals surface area contributed by atoms with Crippen LogP contribution < -0.4 is 10.1 Å². The highest BCUT2D eigenvalue weighted by Gasteiger charge is 2.39. The molecule has 0 saturated heterocycles. The number of sulfone groups is 1. The summed E-state index contributed by atoms with van der Waals surface area (Å²) >= 11 is 0. The van der Waals surface area contributed by atoms with Crippen LogP contribution in [0.1, 0.15) is 37.4 Å². The lowest BCUT2D eigenvalue weighted by Gasteiger charge is -2.34. The van der Waals surface area contributed by atoms with Crippen LogP contribution in [0.15, 0.2) is 18.2 Å². The van der Waals surface area contributed by atoms with Crippen molar-refractivity contribution in [2.24, 2.45) is 0 Å². The lowest BCUT2D eigenvalue weighted by Crippen LogP contribution is -2.42. The molecule has 2 rings (SSSR count). The first-order chi connectivity index (χ1) is 9.41. The van der Waals surface area contributed by atoms with Crippen LogP contribution >= 0.6 is 0 Å². The highest BCUT2D eigenvalue weighted by atomic mass is 32.2. The van der Waals surface area contributed by atoms with Crippen LogP contribution in [-0.2, 0) is 16.3 Å². The fraction of sp³-hybridized carbons (Fsp3) is 0.600. The number of aryl methyl sites for hydroxylation is 1. The first-order valence-corrected chi connectivity index (χ1v) is 8.59. The smallest absolute Gasteiger partial charge is 0.157 e. The maximum absolute atomic E-state index is 12.5. The minimum atomic E-state index is -3.11. The van der Waals surface area contributed by atoms with Gasteiger partial charge in [0.1, 0.15) is 5.75 Å². The zero-order valence-corrected chi connectivity index (χ0v) is 13.3. The Morgan fingerprint density at radius 2 is 2.05 bits per heavy atom. The van der Waals surface area contributed by atoms with Gasteiger partial charge in [-0.1, -0.05) is 6.07 Å². The molecule has 0 saturated carbocycles. The minimum Gasteiger partial charge on any atom is -0.497 e. The molecule has 0 spiro atoms. The van der Waals surface area contributed by atoms with Gasteiger partial charge in [-0.15, -0.1) is 0 Å². The molecular weight excluding hydrogens is 274 g/mol. The average molecular weight is 297 g/mol. The molecule has 0 bridgehead atoms. The van der Waals surface area contributed by atoms with E-state index in [4.69, 9.17) is 4.74 Å². The summed E-state index contributed by atoms with van der Waals surface area (Å²) in [5, 5.41) is 2.49. The molecule has 20 heavy (non-hydrogen) atoms. The molecule has 0 aromatic heterocycles. The second-order valence-corrected chi connectivity index (χ2v) is 8.27. The van der Waals surface area contributed by atoms with Crippen molar-refractivity contribution in [2.45, 2.75) is 43.2 Å². The molecule has 4 nitrogen and oxygen atoms in total. The summed E-state index contributed by atoms with van der Waals surface area (Å²) in [7, 11) is 0.358. The van der Waals surface area contributed by atoms with Crippen LogP contribution in [0.4, 0.5) is 0 Å². The van der Waals surface area contributed by atoms with Crippen molar-refractivity contribution in [3.05, 3.63) is 29.3 Å². The quantitative estimate of drug-likeness (QED) is 0.924. The van der Waals surface area contributed by atoms with Crippen LogP contribution in [0.2, 0.25) is 0 Å². The Balaban J connectivity index is 2.43. The highest BCUT2D eigenvalue weighted by molar-refractivity contribution is 7.92. The topological polar surface area (TPSA) is 55.4 Å².